The first-order valence-electron chi connectivity index (χ1n) is 5.00. The van der Waals surface area contributed by atoms with E-state index in [1.54, 1.807) is 0 Å². The summed E-state index contributed by atoms with van der Waals surface area (Å²) in [5.74, 6) is -0.207. The molecule has 1 heterocycles. The Kier molecular flexibility index (Phi) is 3.00. The van der Waals surface area contributed by atoms with Gasteiger partial charge in [0, 0.05) is 0 Å². The van der Waals surface area contributed by atoms with Gasteiger partial charge in [-0.15, -0.1) is 0 Å². The molecule has 3 heteroatoms. The van der Waals surface area contributed by atoms with E-state index in [0.717, 1.165) is 13.0 Å². The highest BCUT2D eigenvalue weighted by atomic mass is 16.6. The highest BCUT2D eigenvalue weighted by Gasteiger charge is 2.35. The second-order valence-corrected chi connectivity index (χ2v) is 4.82. The summed E-state index contributed by atoms with van der Waals surface area (Å²) in [6.45, 7) is 8.30. The number of carbonyl (C=O) groups is 1. The monoisotopic (exact) mass is 197 g/mol. The zero-order chi connectivity index (χ0) is 10.8. The summed E-state index contributed by atoms with van der Waals surface area (Å²) in [5, 5.41) is 3.16. The summed E-state index contributed by atoms with van der Waals surface area (Å²) >= 11 is 0. The Morgan fingerprint density at radius 2 is 2.14 bits per heavy atom. The van der Waals surface area contributed by atoms with Crippen LogP contribution >= 0.6 is 0 Å². The van der Waals surface area contributed by atoms with Gasteiger partial charge in [0.1, 0.15) is 11.1 Å². The summed E-state index contributed by atoms with van der Waals surface area (Å²) in [5.41, 5.74) is -1.07. The molecule has 3 nitrogen and oxygen atoms in total. The van der Waals surface area contributed by atoms with Crippen LogP contribution in [0.25, 0.3) is 0 Å². The molecule has 0 saturated heterocycles. The molecule has 14 heavy (non-hydrogen) atoms. The largest absolute Gasteiger partial charge is 0.458 e. The number of hydrogen-bond donors (Lipinski definition) is 1. The minimum Gasteiger partial charge on any atom is -0.458 e. The number of nitrogens with one attached hydrogen (secondary N) is 1. The molecular weight excluding hydrogens is 178 g/mol. The highest BCUT2D eigenvalue weighted by Crippen LogP contribution is 2.17. The quantitative estimate of drug-likeness (QED) is 0.513. The van der Waals surface area contributed by atoms with Crippen molar-refractivity contribution < 1.29 is 9.53 Å². The molecule has 0 amide bonds. The Hall–Kier alpha value is -0.830. The molecule has 0 bridgehead atoms. The van der Waals surface area contributed by atoms with Gasteiger partial charge in [0.05, 0.1) is 0 Å². The topological polar surface area (TPSA) is 38.3 Å². The first kappa shape index (κ1) is 11.2. The molecule has 0 aromatic rings. The Morgan fingerprint density at radius 1 is 1.50 bits per heavy atom. The molecular formula is C11H19NO2. The zero-order valence-electron chi connectivity index (χ0n) is 9.39. The van der Waals surface area contributed by atoms with E-state index in [1.165, 1.54) is 0 Å². The number of hydrogen-bond acceptors (Lipinski definition) is 3. The Labute approximate surface area is 85.5 Å². The highest BCUT2D eigenvalue weighted by molar-refractivity contribution is 5.83. The second kappa shape index (κ2) is 3.73. The van der Waals surface area contributed by atoms with Crippen LogP contribution in [0, 0.1) is 0 Å². The summed E-state index contributed by atoms with van der Waals surface area (Å²) in [7, 11) is 0. The van der Waals surface area contributed by atoms with Crippen molar-refractivity contribution in [2.24, 2.45) is 0 Å². The van der Waals surface area contributed by atoms with Gasteiger partial charge >= 0.3 is 5.97 Å². The van der Waals surface area contributed by atoms with Crippen molar-refractivity contribution in [1.29, 1.82) is 0 Å². The first-order valence-corrected chi connectivity index (χ1v) is 5.00. The minimum atomic E-state index is -0.647. The predicted molar refractivity (Wildman–Crippen MR) is 56.0 cm³/mol. The van der Waals surface area contributed by atoms with E-state index < -0.39 is 11.1 Å². The number of ether oxygens (including phenoxy) is 1. The molecule has 1 aliphatic heterocycles. The van der Waals surface area contributed by atoms with Gasteiger partial charge in [-0.1, -0.05) is 12.2 Å². The smallest absolute Gasteiger partial charge is 0.330 e. The minimum absolute atomic E-state index is 0.207. The molecule has 0 aliphatic carbocycles. The van der Waals surface area contributed by atoms with Gasteiger partial charge in [-0.2, -0.15) is 0 Å². The van der Waals surface area contributed by atoms with E-state index >= 15 is 0 Å². The van der Waals surface area contributed by atoms with Gasteiger partial charge in [-0.3, -0.25) is 5.32 Å². The third kappa shape index (κ3) is 2.84. The average molecular weight is 197 g/mol. The van der Waals surface area contributed by atoms with Crippen LogP contribution in [0.2, 0.25) is 0 Å². The summed E-state index contributed by atoms with van der Waals surface area (Å²) in [6, 6.07) is 0. The van der Waals surface area contributed by atoms with Crippen LogP contribution in [0.1, 0.15) is 34.1 Å². The van der Waals surface area contributed by atoms with E-state index in [2.05, 4.69) is 5.32 Å². The average Bonchev–Trinajstić information content (AvgIpc) is 2.02. The maximum atomic E-state index is 11.8. The van der Waals surface area contributed by atoms with E-state index in [9.17, 15) is 4.79 Å². The summed E-state index contributed by atoms with van der Waals surface area (Å²) < 4.78 is 5.33. The third-order valence-corrected chi connectivity index (χ3v) is 2.08. The lowest BCUT2D eigenvalue weighted by Gasteiger charge is -2.31. The first-order chi connectivity index (χ1) is 6.33. The molecule has 1 unspecified atom stereocenters. The van der Waals surface area contributed by atoms with E-state index in [0.29, 0.717) is 0 Å². The molecule has 1 aliphatic rings. The molecule has 80 valence electrons. The van der Waals surface area contributed by atoms with Crippen LogP contribution in [0.5, 0.6) is 0 Å². The zero-order valence-corrected chi connectivity index (χ0v) is 9.39. The standard InChI is InChI=1S/C11H19NO2/c1-10(2,3)14-9(13)11(4)7-5-6-8-12-11/h5,7,12H,6,8H2,1-4H3. The number of rotatable bonds is 1. The van der Waals surface area contributed by atoms with Gasteiger partial charge in [0.2, 0.25) is 0 Å². The third-order valence-electron chi connectivity index (χ3n) is 2.08. The number of carbonyl (C=O) groups excluding carboxylic acids is 1. The van der Waals surface area contributed by atoms with Gasteiger partial charge in [-0.25, -0.2) is 4.79 Å². The lowest BCUT2D eigenvalue weighted by Crippen LogP contribution is -2.52. The van der Waals surface area contributed by atoms with Crippen LogP contribution in [0.15, 0.2) is 12.2 Å². The Bertz CT molecular complexity index is 253. The van der Waals surface area contributed by atoms with Crippen molar-refractivity contribution in [1.82, 2.24) is 5.32 Å². The van der Waals surface area contributed by atoms with Gasteiger partial charge < -0.3 is 4.74 Å². The fourth-order valence-electron chi connectivity index (χ4n) is 1.32. The molecule has 1 atom stereocenters. The summed E-state index contributed by atoms with van der Waals surface area (Å²) in [4.78, 5) is 11.8. The molecule has 1 N–H and O–H groups in total. The fraction of sp³-hybridized carbons (Fsp3) is 0.727. The van der Waals surface area contributed by atoms with Gasteiger partial charge in [0.25, 0.3) is 0 Å². The molecule has 0 aromatic heterocycles. The van der Waals surface area contributed by atoms with Gasteiger partial charge in [-0.05, 0) is 40.7 Å². The molecule has 0 saturated carbocycles. The van der Waals surface area contributed by atoms with Crippen molar-refractivity contribution in [2.75, 3.05) is 6.54 Å². The van der Waals surface area contributed by atoms with E-state index in [-0.39, 0.29) is 5.97 Å². The van der Waals surface area contributed by atoms with Crippen molar-refractivity contribution in [3.05, 3.63) is 12.2 Å². The maximum Gasteiger partial charge on any atom is 0.330 e. The lowest BCUT2D eigenvalue weighted by molar-refractivity contribution is -0.160. The van der Waals surface area contributed by atoms with Crippen molar-refractivity contribution in [3.63, 3.8) is 0 Å². The summed E-state index contributed by atoms with van der Waals surface area (Å²) in [6.07, 6.45) is 4.86. The molecule has 1 rings (SSSR count). The molecule has 0 aromatic carbocycles. The van der Waals surface area contributed by atoms with E-state index in [4.69, 9.17) is 4.74 Å². The van der Waals surface area contributed by atoms with Crippen molar-refractivity contribution >= 4 is 5.97 Å². The predicted octanol–water partition coefficient (Wildman–Crippen LogP) is 1.64. The normalized spacial score (nSPS) is 27.4. The van der Waals surface area contributed by atoms with Crippen LogP contribution in [0.4, 0.5) is 0 Å². The van der Waals surface area contributed by atoms with Crippen molar-refractivity contribution in [3.8, 4) is 0 Å². The van der Waals surface area contributed by atoms with Crippen LogP contribution in [0.3, 0.4) is 0 Å². The Morgan fingerprint density at radius 3 is 2.57 bits per heavy atom. The maximum absolute atomic E-state index is 11.8. The lowest BCUT2D eigenvalue weighted by atomic mass is 9.98. The molecule has 0 radical (unpaired) electrons. The van der Waals surface area contributed by atoms with E-state index in [1.807, 2.05) is 39.8 Å². The van der Waals surface area contributed by atoms with Gasteiger partial charge in [0.15, 0.2) is 0 Å². The van der Waals surface area contributed by atoms with Crippen molar-refractivity contribution in [2.45, 2.75) is 45.3 Å². The molecule has 0 fully saturated rings. The molecule has 0 spiro atoms. The fourth-order valence-corrected chi connectivity index (χ4v) is 1.32. The van der Waals surface area contributed by atoms with Crippen LogP contribution < -0.4 is 5.32 Å². The second-order valence-electron chi connectivity index (χ2n) is 4.82. The van der Waals surface area contributed by atoms with Crippen LogP contribution in [-0.4, -0.2) is 23.7 Å². The SMILES string of the molecule is CC(C)(C)OC(=O)C1(C)C=CCCN1. The number of esters is 1. The Balaban J connectivity index is 2.68. The van der Waals surface area contributed by atoms with Crippen LogP contribution in [-0.2, 0) is 9.53 Å².